The fourth-order valence-electron chi connectivity index (χ4n) is 2.85. The highest BCUT2D eigenvalue weighted by atomic mass is 16.2. The van der Waals surface area contributed by atoms with Gasteiger partial charge >= 0.3 is 6.03 Å². The van der Waals surface area contributed by atoms with Crippen LogP contribution in [0.1, 0.15) is 31.2 Å². The van der Waals surface area contributed by atoms with Crippen LogP contribution in [0.5, 0.6) is 0 Å². The van der Waals surface area contributed by atoms with Crippen LogP contribution >= 0.6 is 0 Å². The third-order valence-electron chi connectivity index (χ3n) is 4.07. The van der Waals surface area contributed by atoms with Crippen molar-refractivity contribution in [2.24, 2.45) is 0 Å². The maximum absolute atomic E-state index is 12.8. The number of hydrogen-bond acceptors (Lipinski definition) is 1. The number of allylic oxidation sites excluding steroid dienone is 2. The van der Waals surface area contributed by atoms with Crippen LogP contribution in [0.2, 0.25) is 0 Å². The first-order valence-corrected chi connectivity index (χ1v) is 8.19. The van der Waals surface area contributed by atoms with E-state index in [-0.39, 0.29) is 6.03 Å². The Bertz CT molecular complexity index is 665. The molecule has 0 heterocycles. The van der Waals surface area contributed by atoms with Crippen LogP contribution in [-0.2, 0) is 6.54 Å². The van der Waals surface area contributed by atoms with E-state index in [2.05, 4.69) is 23.5 Å². The lowest BCUT2D eigenvalue weighted by Gasteiger charge is -2.28. The maximum Gasteiger partial charge on any atom is 0.326 e. The summed E-state index contributed by atoms with van der Waals surface area (Å²) < 4.78 is 0. The number of benzene rings is 2. The van der Waals surface area contributed by atoms with Gasteiger partial charge in [0.1, 0.15) is 0 Å². The molecular weight excluding hydrogens is 284 g/mol. The molecule has 2 amide bonds. The summed E-state index contributed by atoms with van der Waals surface area (Å²) in [5, 5.41) is 3.01. The molecule has 0 saturated carbocycles. The Hall–Kier alpha value is -2.55. The van der Waals surface area contributed by atoms with E-state index in [0.29, 0.717) is 6.54 Å². The Kier molecular flexibility index (Phi) is 5.09. The second kappa shape index (κ2) is 7.63. The van der Waals surface area contributed by atoms with Crippen LogP contribution in [0.4, 0.5) is 10.5 Å². The van der Waals surface area contributed by atoms with Gasteiger partial charge in [0.15, 0.2) is 0 Å². The fourth-order valence-corrected chi connectivity index (χ4v) is 2.85. The molecule has 0 radical (unpaired) electrons. The molecule has 23 heavy (non-hydrogen) atoms. The minimum absolute atomic E-state index is 0.0618. The highest BCUT2D eigenvalue weighted by Gasteiger charge is 2.19. The summed E-state index contributed by atoms with van der Waals surface area (Å²) in [5.41, 5.74) is 3.10. The summed E-state index contributed by atoms with van der Waals surface area (Å²) >= 11 is 0. The predicted octanol–water partition coefficient (Wildman–Crippen LogP) is 5.18. The molecule has 0 aromatic heterocycles. The molecule has 0 spiro atoms. The molecule has 0 unspecified atom stereocenters. The molecule has 0 saturated heterocycles. The van der Waals surface area contributed by atoms with Gasteiger partial charge in [-0.25, -0.2) is 4.79 Å². The quantitative estimate of drug-likeness (QED) is 0.829. The van der Waals surface area contributed by atoms with Gasteiger partial charge in [-0.3, -0.25) is 4.90 Å². The lowest BCUT2D eigenvalue weighted by atomic mass is 10.0. The van der Waals surface area contributed by atoms with Crippen LogP contribution in [0.15, 0.2) is 72.4 Å². The molecule has 118 valence electrons. The fraction of sp³-hybridized carbons (Fsp3) is 0.250. The molecule has 0 aliphatic heterocycles. The van der Waals surface area contributed by atoms with Gasteiger partial charge in [0.25, 0.3) is 0 Å². The van der Waals surface area contributed by atoms with Gasteiger partial charge in [-0.1, -0.05) is 54.6 Å². The Morgan fingerprint density at radius 1 is 0.957 bits per heavy atom. The number of nitrogens with zero attached hydrogens (tertiary/aromatic N) is 1. The number of urea groups is 1. The van der Waals surface area contributed by atoms with Gasteiger partial charge in [-0.05, 0) is 43.4 Å². The molecule has 1 aliphatic rings. The van der Waals surface area contributed by atoms with Crippen LogP contribution in [0.3, 0.4) is 0 Å². The third kappa shape index (κ3) is 4.22. The standard InChI is InChI=1S/C20H22N2O/c23-20(21-18-12-6-2-7-13-18)22(19-14-8-3-9-15-19)16-17-10-4-1-5-11-17/h1-2,4-7,10-14H,3,8-9,15-16H2,(H,21,23). The Morgan fingerprint density at radius 2 is 1.65 bits per heavy atom. The monoisotopic (exact) mass is 306 g/mol. The molecule has 0 atom stereocenters. The van der Waals surface area contributed by atoms with Crippen molar-refractivity contribution in [3.63, 3.8) is 0 Å². The van der Waals surface area contributed by atoms with Crippen molar-refractivity contribution in [1.29, 1.82) is 0 Å². The van der Waals surface area contributed by atoms with Gasteiger partial charge in [0, 0.05) is 11.4 Å². The van der Waals surface area contributed by atoms with Gasteiger partial charge in [-0.15, -0.1) is 0 Å². The van der Waals surface area contributed by atoms with E-state index in [0.717, 1.165) is 36.2 Å². The number of anilines is 1. The number of amides is 2. The number of nitrogens with one attached hydrogen (secondary N) is 1. The number of rotatable bonds is 4. The lowest BCUT2D eigenvalue weighted by molar-refractivity contribution is 0.220. The molecular formula is C20H22N2O. The number of carbonyl (C=O) groups excluding carboxylic acids is 1. The summed E-state index contributed by atoms with van der Waals surface area (Å²) in [6.45, 7) is 0.603. The minimum Gasteiger partial charge on any atom is -0.308 e. The van der Waals surface area contributed by atoms with Gasteiger partial charge in [-0.2, -0.15) is 0 Å². The number of para-hydroxylation sites is 1. The van der Waals surface area contributed by atoms with E-state index >= 15 is 0 Å². The van der Waals surface area contributed by atoms with Crippen molar-refractivity contribution in [2.75, 3.05) is 5.32 Å². The SMILES string of the molecule is O=C(Nc1ccccc1)N(Cc1ccccc1)C1=CCCCC1. The molecule has 0 bridgehead atoms. The van der Waals surface area contributed by atoms with Crippen LogP contribution in [-0.4, -0.2) is 10.9 Å². The topological polar surface area (TPSA) is 32.3 Å². The first-order valence-electron chi connectivity index (χ1n) is 8.19. The van der Waals surface area contributed by atoms with E-state index in [1.165, 1.54) is 6.42 Å². The van der Waals surface area contributed by atoms with Crippen molar-refractivity contribution in [1.82, 2.24) is 4.90 Å². The summed E-state index contributed by atoms with van der Waals surface area (Å²) in [4.78, 5) is 14.7. The van der Waals surface area contributed by atoms with Gasteiger partial charge in [0.2, 0.25) is 0 Å². The molecule has 3 nitrogen and oxygen atoms in total. The third-order valence-corrected chi connectivity index (χ3v) is 4.07. The van der Waals surface area contributed by atoms with Crippen molar-refractivity contribution < 1.29 is 4.79 Å². The van der Waals surface area contributed by atoms with E-state index in [1.807, 2.05) is 53.4 Å². The summed E-state index contributed by atoms with van der Waals surface area (Å²) in [7, 11) is 0. The molecule has 0 fully saturated rings. The van der Waals surface area contributed by atoms with Crippen LogP contribution < -0.4 is 5.32 Å². The van der Waals surface area contributed by atoms with Gasteiger partial charge in [0.05, 0.1) is 6.54 Å². The van der Waals surface area contributed by atoms with Crippen molar-refractivity contribution >= 4 is 11.7 Å². The van der Waals surface area contributed by atoms with E-state index in [9.17, 15) is 4.79 Å². The predicted molar refractivity (Wildman–Crippen MR) is 94.0 cm³/mol. The maximum atomic E-state index is 12.8. The highest BCUT2D eigenvalue weighted by Crippen LogP contribution is 2.24. The van der Waals surface area contributed by atoms with Crippen molar-refractivity contribution in [2.45, 2.75) is 32.2 Å². The largest absolute Gasteiger partial charge is 0.326 e. The second-order valence-electron chi connectivity index (χ2n) is 5.81. The summed E-state index contributed by atoms with van der Waals surface area (Å²) in [6.07, 6.45) is 6.59. The Balaban J connectivity index is 1.79. The Morgan fingerprint density at radius 3 is 2.30 bits per heavy atom. The van der Waals surface area contributed by atoms with Crippen molar-refractivity contribution in [3.8, 4) is 0 Å². The molecule has 2 aromatic carbocycles. The first kappa shape index (κ1) is 15.3. The Labute approximate surface area is 137 Å². The minimum atomic E-state index is -0.0618. The zero-order valence-electron chi connectivity index (χ0n) is 13.2. The zero-order chi connectivity index (χ0) is 15.9. The average molecular weight is 306 g/mol. The normalized spacial score (nSPS) is 14.0. The van der Waals surface area contributed by atoms with E-state index in [1.54, 1.807) is 0 Å². The molecule has 3 rings (SSSR count). The van der Waals surface area contributed by atoms with E-state index in [4.69, 9.17) is 0 Å². The van der Waals surface area contributed by atoms with Gasteiger partial charge < -0.3 is 5.32 Å². The smallest absolute Gasteiger partial charge is 0.308 e. The summed E-state index contributed by atoms with van der Waals surface area (Å²) in [6, 6.07) is 19.7. The lowest BCUT2D eigenvalue weighted by Crippen LogP contribution is -2.34. The van der Waals surface area contributed by atoms with Crippen molar-refractivity contribution in [3.05, 3.63) is 78.0 Å². The molecule has 2 aromatic rings. The summed E-state index contributed by atoms with van der Waals surface area (Å²) in [5.74, 6) is 0. The molecule has 3 heteroatoms. The number of carbonyl (C=O) groups is 1. The zero-order valence-corrected chi connectivity index (χ0v) is 13.2. The van der Waals surface area contributed by atoms with Crippen LogP contribution in [0, 0.1) is 0 Å². The number of hydrogen-bond donors (Lipinski definition) is 1. The van der Waals surface area contributed by atoms with E-state index < -0.39 is 0 Å². The highest BCUT2D eigenvalue weighted by molar-refractivity contribution is 5.90. The molecule has 1 aliphatic carbocycles. The first-order chi connectivity index (χ1) is 11.3. The average Bonchev–Trinajstić information content (AvgIpc) is 2.62. The molecule has 1 N–H and O–H groups in total. The second-order valence-corrected chi connectivity index (χ2v) is 5.81. The van der Waals surface area contributed by atoms with Crippen LogP contribution in [0.25, 0.3) is 0 Å².